The van der Waals surface area contributed by atoms with Gasteiger partial charge in [-0.25, -0.2) is 0 Å². The first-order chi connectivity index (χ1) is 14.2. The second kappa shape index (κ2) is 8.24. The molecule has 0 bridgehead atoms. The van der Waals surface area contributed by atoms with Crippen molar-refractivity contribution in [2.75, 3.05) is 26.3 Å². The van der Waals surface area contributed by atoms with E-state index in [1.807, 2.05) is 0 Å². The van der Waals surface area contributed by atoms with Crippen molar-refractivity contribution in [3.05, 3.63) is 52.3 Å². The van der Waals surface area contributed by atoms with Gasteiger partial charge in [-0.2, -0.15) is 13.2 Å². The van der Waals surface area contributed by atoms with Gasteiger partial charge in [0.2, 0.25) is 0 Å². The van der Waals surface area contributed by atoms with Crippen molar-refractivity contribution < 1.29 is 22.7 Å². The molecule has 3 heterocycles. The Hall–Kier alpha value is -2.03. The number of carbonyl (C=O) groups excluding carboxylic acids is 1. The van der Waals surface area contributed by atoms with Crippen molar-refractivity contribution in [3.8, 4) is 0 Å². The Balaban J connectivity index is 1.59. The first-order valence-electron chi connectivity index (χ1n) is 9.38. The second-order valence-corrected chi connectivity index (χ2v) is 8.14. The number of hydrogen-bond donors (Lipinski definition) is 1. The number of hydrogen-bond acceptors (Lipinski definition) is 3. The summed E-state index contributed by atoms with van der Waals surface area (Å²) in [6.45, 7) is 1.93. The number of nitrogens with one attached hydrogen (secondary N) is 1. The van der Waals surface area contributed by atoms with Gasteiger partial charge in [0.15, 0.2) is 0 Å². The molecule has 160 valence electrons. The minimum Gasteiger partial charge on any atom is -0.378 e. The Morgan fingerprint density at radius 2 is 2.03 bits per heavy atom. The van der Waals surface area contributed by atoms with Crippen molar-refractivity contribution in [1.29, 1.82) is 0 Å². The SMILES string of the molecule is O=C(C1=C(Cl)C(Cc2cc3ncc(C(F)(F)F)cc3[nH]2)C(Cl)C=C1)N1CCOCC1. The van der Waals surface area contributed by atoms with Crippen molar-refractivity contribution in [3.63, 3.8) is 0 Å². The van der Waals surface area contributed by atoms with Crippen molar-refractivity contribution >= 4 is 40.1 Å². The molecule has 1 amide bonds. The van der Waals surface area contributed by atoms with Crippen LogP contribution in [0, 0.1) is 5.92 Å². The van der Waals surface area contributed by atoms with E-state index in [-0.39, 0.29) is 11.4 Å². The van der Waals surface area contributed by atoms with Crippen molar-refractivity contribution in [2.45, 2.75) is 18.0 Å². The maximum Gasteiger partial charge on any atom is 0.417 e. The summed E-state index contributed by atoms with van der Waals surface area (Å²) < 4.78 is 44.0. The summed E-state index contributed by atoms with van der Waals surface area (Å²) in [7, 11) is 0. The average molecular weight is 460 g/mol. The van der Waals surface area contributed by atoms with Gasteiger partial charge in [0.1, 0.15) is 0 Å². The van der Waals surface area contributed by atoms with E-state index in [1.165, 1.54) is 0 Å². The third-order valence-corrected chi connectivity index (χ3v) is 6.17. The van der Waals surface area contributed by atoms with E-state index in [0.717, 1.165) is 12.3 Å². The summed E-state index contributed by atoms with van der Waals surface area (Å²) in [5, 5.41) is -0.111. The normalized spacial score (nSPS) is 22.8. The van der Waals surface area contributed by atoms with Gasteiger partial charge >= 0.3 is 6.18 Å². The minimum absolute atomic E-state index is 0.179. The summed E-state index contributed by atoms with van der Waals surface area (Å²) in [5.41, 5.74) is 0.894. The predicted octanol–water partition coefficient (Wildman–Crippen LogP) is 4.27. The molecule has 1 aliphatic carbocycles. The van der Waals surface area contributed by atoms with Crippen molar-refractivity contribution in [1.82, 2.24) is 14.9 Å². The third kappa shape index (κ3) is 4.22. The van der Waals surface area contributed by atoms with Gasteiger partial charge in [0.05, 0.1) is 40.8 Å². The zero-order valence-electron chi connectivity index (χ0n) is 15.7. The number of ether oxygens (including phenoxy) is 1. The van der Waals surface area contributed by atoms with Gasteiger partial charge in [-0.1, -0.05) is 23.8 Å². The molecule has 1 N–H and O–H groups in total. The number of nitrogens with zero attached hydrogens (tertiary/aromatic N) is 2. The number of carbonyl (C=O) groups is 1. The topological polar surface area (TPSA) is 58.2 Å². The quantitative estimate of drug-likeness (QED) is 0.697. The van der Waals surface area contributed by atoms with Gasteiger partial charge in [0, 0.05) is 35.9 Å². The lowest BCUT2D eigenvalue weighted by Gasteiger charge is -2.30. The molecule has 4 rings (SSSR count). The lowest BCUT2D eigenvalue weighted by Crippen LogP contribution is -2.42. The smallest absolute Gasteiger partial charge is 0.378 e. The fourth-order valence-corrected chi connectivity index (χ4v) is 4.33. The van der Waals surface area contributed by atoms with E-state index in [4.69, 9.17) is 27.9 Å². The molecule has 2 unspecified atom stereocenters. The van der Waals surface area contributed by atoms with Gasteiger partial charge in [-0.3, -0.25) is 9.78 Å². The monoisotopic (exact) mass is 459 g/mol. The summed E-state index contributed by atoms with van der Waals surface area (Å²) in [6.07, 6.45) is 0.0162. The van der Waals surface area contributed by atoms with Crippen LogP contribution in [-0.4, -0.2) is 52.5 Å². The highest BCUT2D eigenvalue weighted by Crippen LogP contribution is 2.36. The zero-order chi connectivity index (χ0) is 21.5. The molecule has 2 aromatic rings. The van der Waals surface area contributed by atoms with Gasteiger partial charge in [-0.15, -0.1) is 11.6 Å². The number of fused-ring (bicyclic) bond motifs is 1. The average Bonchev–Trinajstić information content (AvgIpc) is 3.12. The van der Waals surface area contributed by atoms with Crippen LogP contribution >= 0.6 is 23.2 Å². The van der Waals surface area contributed by atoms with E-state index >= 15 is 0 Å². The lowest BCUT2D eigenvalue weighted by molar-refractivity contribution is -0.137. The fraction of sp³-hybridized carbons (Fsp3) is 0.400. The lowest BCUT2D eigenvalue weighted by atomic mass is 9.90. The second-order valence-electron chi connectivity index (χ2n) is 7.23. The first-order valence-corrected chi connectivity index (χ1v) is 10.2. The van der Waals surface area contributed by atoms with Crippen LogP contribution in [0.3, 0.4) is 0 Å². The maximum absolute atomic E-state index is 12.9. The van der Waals surface area contributed by atoms with Crippen LogP contribution in [-0.2, 0) is 22.1 Å². The highest BCUT2D eigenvalue weighted by atomic mass is 35.5. The van der Waals surface area contributed by atoms with Crippen LogP contribution in [0.4, 0.5) is 13.2 Å². The highest BCUT2D eigenvalue weighted by molar-refractivity contribution is 6.34. The number of pyridine rings is 1. The molecular formula is C20H18Cl2F3N3O2. The van der Waals surface area contributed by atoms with Crippen LogP contribution in [0.15, 0.2) is 41.1 Å². The molecule has 2 aromatic heterocycles. The Bertz CT molecular complexity index is 1030. The van der Waals surface area contributed by atoms with E-state index in [1.54, 1.807) is 23.1 Å². The van der Waals surface area contributed by atoms with Gasteiger partial charge in [0.25, 0.3) is 5.91 Å². The van der Waals surface area contributed by atoms with E-state index < -0.39 is 23.0 Å². The Labute approximate surface area is 180 Å². The number of rotatable bonds is 3. The number of allylic oxidation sites excluding steroid dienone is 2. The number of halogens is 5. The molecule has 2 atom stereocenters. The molecule has 1 saturated heterocycles. The summed E-state index contributed by atoms with van der Waals surface area (Å²) in [6, 6.07) is 2.70. The minimum atomic E-state index is -4.47. The molecule has 2 aliphatic rings. The first kappa shape index (κ1) is 21.2. The molecular weight excluding hydrogens is 442 g/mol. The maximum atomic E-state index is 12.9. The summed E-state index contributed by atoms with van der Waals surface area (Å²) in [5.74, 6) is -0.574. The van der Waals surface area contributed by atoms with Crippen molar-refractivity contribution in [2.24, 2.45) is 5.92 Å². The Morgan fingerprint density at radius 1 is 1.30 bits per heavy atom. The van der Waals surface area contributed by atoms with E-state index in [9.17, 15) is 18.0 Å². The molecule has 10 heteroatoms. The standard InChI is InChI=1S/C20H18Cl2F3N3O2/c21-15-2-1-13(19(29)28-3-5-30-6-4-28)18(22)14(15)8-12-9-16-17(27-12)7-11(10-26-16)20(23,24)25/h1-2,7,9-10,14-15,27H,3-6,8H2. The van der Waals surface area contributed by atoms with Gasteiger partial charge in [-0.05, 0) is 18.6 Å². The number of morpholine rings is 1. The highest BCUT2D eigenvalue weighted by Gasteiger charge is 2.33. The van der Waals surface area contributed by atoms with Gasteiger partial charge < -0.3 is 14.6 Å². The fourth-order valence-electron chi connectivity index (χ4n) is 3.62. The number of alkyl halides is 4. The van der Waals surface area contributed by atoms with E-state index in [2.05, 4.69) is 9.97 Å². The zero-order valence-corrected chi connectivity index (χ0v) is 17.2. The Morgan fingerprint density at radius 3 is 2.73 bits per heavy atom. The number of H-pyrrole nitrogens is 1. The Kier molecular flexibility index (Phi) is 5.83. The largest absolute Gasteiger partial charge is 0.417 e. The number of amides is 1. The number of aromatic nitrogens is 2. The summed E-state index contributed by atoms with van der Waals surface area (Å²) in [4.78, 5) is 21.4. The molecule has 0 saturated carbocycles. The van der Waals surface area contributed by atoms with Crippen LogP contribution < -0.4 is 0 Å². The molecule has 1 fully saturated rings. The predicted molar refractivity (Wildman–Crippen MR) is 107 cm³/mol. The van der Waals surface area contributed by atoms with Crippen LogP contribution in [0.1, 0.15) is 11.3 Å². The van der Waals surface area contributed by atoms with Crippen LogP contribution in [0.25, 0.3) is 11.0 Å². The molecule has 0 radical (unpaired) electrons. The molecule has 30 heavy (non-hydrogen) atoms. The number of aromatic amines is 1. The molecule has 1 aliphatic heterocycles. The summed E-state index contributed by atoms with van der Waals surface area (Å²) >= 11 is 13.0. The molecule has 0 aromatic carbocycles. The third-order valence-electron chi connectivity index (χ3n) is 5.23. The van der Waals surface area contributed by atoms with Crippen LogP contribution in [0.5, 0.6) is 0 Å². The van der Waals surface area contributed by atoms with E-state index in [0.29, 0.717) is 54.5 Å². The molecule has 5 nitrogen and oxygen atoms in total. The van der Waals surface area contributed by atoms with Crippen LogP contribution in [0.2, 0.25) is 0 Å². The molecule has 0 spiro atoms.